The lowest BCUT2D eigenvalue weighted by Gasteiger charge is -2.32. The first-order valence-electron chi connectivity index (χ1n) is 7.63. The van der Waals surface area contributed by atoms with Crippen molar-refractivity contribution in [3.05, 3.63) is 59.9 Å². The summed E-state index contributed by atoms with van der Waals surface area (Å²) >= 11 is 0. The number of fused-ring (bicyclic) bond motifs is 1. The Morgan fingerprint density at radius 3 is 2.71 bits per heavy atom. The van der Waals surface area contributed by atoms with Crippen LogP contribution in [0.4, 0.5) is 10.1 Å². The normalized spacial score (nSPS) is 16.3. The van der Waals surface area contributed by atoms with Crippen LogP contribution in [-0.4, -0.2) is 24.5 Å². The minimum absolute atomic E-state index is 0.0707. The molecular formula is C18H17FN2O3. The minimum Gasteiger partial charge on any atom is -0.479 e. The smallest absolute Gasteiger partial charge is 0.268 e. The SMILES string of the molecule is C[C@H]1Oc2ccccc2N(CC(=O)NCc2ccccc2F)C1=O. The van der Waals surface area contributed by atoms with E-state index in [4.69, 9.17) is 4.74 Å². The van der Waals surface area contributed by atoms with Gasteiger partial charge in [-0.1, -0.05) is 30.3 Å². The van der Waals surface area contributed by atoms with Crippen LogP contribution < -0.4 is 15.0 Å². The molecule has 3 rings (SSSR count). The molecule has 0 saturated carbocycles. The topological polar surface area (TPSA) is 58.6 Å². The maximum absolute atomic E-state index is 13.6. The number of hydrogen-bond donors (Lipinski definition) is 1. The first-order valence-corrected chi connectivity index (χ1v) is 7.63. The molecule has 124 valence electrons. The molecule has 2 amide bonds. The number of ether oxygens (including phenoxy) is 1. The number of para-hydroxylation sites is 2. The zero-order valence-corrected chi connectivity index (χ0v) is 13.2. The lowest BCUT2D eigenvalue weighted by atomic mass is 10.2. The fourth-order valence-electron chi connectivity index (χ4n) is 2.56. The molecule has 0 radical (unpaired) electrons. The van der Waals surface area contributed by atoms with E-state index in [2.05, 4.69) is 5.32 Å². The van der Waals surface area contributed by atoms with E-state index in [0.717, 1.165) is 0 Å². The first kappa shape index (κ1) is 16.0. The van der Waals surface area contributed by atoms with Crippen molar-refractivity contribution in [2.24, 2.45) is 0 Å². The largest absolute Gasteiger partial charge is 0.479 e. The van der Waals surface area contributed by atoms with Crippen LogP contribution in [0.15, 0.2) is 48.5 Å². The van der Waals surface area contributed by atoms with Crippen molar-refractivity contribution in [3.8, 4) is 5.75 Å². The van der Waals surface area contributed by atoms with Crippen molar-refractivity contribution >= 4 is 17.5 Å². The van der Waals surface area contributed by atoms with E-state index in [0.29, 0.717) is 17.0 Å². The van der Waals surface area contributed by atoms with Crippen LogP contribution in [0.5, 0.6) is 5.75 Å². The van der Waals surface area contributed by atoms with Gasteiger partial charge in [-0.2, -0.15) is 0 Å². The summed E-state index contributed by atoms with van der Waals surface area (Å²) in [7, 11) is 0. The quantitative estimate of drug-likeness (QED) is 0.936. The predicted octanol–water partition coefficient (Wildman–Crippen LogP) is 2.26. The van der Waals surface area contributed by atoms with E-state index in [1.807, 2.05) is 0 Å². The number of carbonyl (C=O) groups is 2. The number of amides is 2. The van der Waals surface area contributed by atoms with Crippen LogP contribution >= 0.6 is 0 Å². The molecule has 0 saturated heterocycles. The summed E-state index contributed by atoms with van der Waals surface area (Å²) in [4.78, 5) is 25.9. The average Bonchev–Trinajstić information content (AvgIpc) is 2.58. The molecule has 2 aromatic carbocycles. The third kappa shape index (κ3) is 3.22. The van der Waals surface area contributed by atoms with Gasteiger partial charge < -0.3 is 10.1 Å². The number of anilines is 1. The Morgan fingerprint density at radius 2 is 1.92 bits per heavy atom. The number of nitrogens with one attached hydrogen (secondary N) is 1. The molecule has 1 N–H and O–H groups in total. The first-order chi connectivity index (χ1) is 11.6. The van der Waals surface area contributed by atoms with Gasteiger partial charge in [0.05, 0.1) is 5.69 Å². The highest BCUT2D eigenvalue weighted by molar-refractivity contribution is 6.03. The number of benzene rings is 2. The van der Waals surface area contributed by atoms with Gasteiger partial charge in [0.1, 0.15) is 18.1 Å². The summed E-state index contributed by atoms with van der Waals surface area (Å²) in [5.41, 5.74) is 0.953. The van der Waals surface area contributed by atoms with Gasteiger partial charge in [-0.25, -0.2) is 4.39 Å². The fourth-order valence-corrected chi connectivity index (χ4v) is 2.56. The molecule has 0 fully saturated rings. The molecule has 0 unspecified atom stereocenters. The van der Waals surface area contributed by atoms with Crippen molar-refractivity contribution in [1.82, 2.24) is 5.32 Å². The second kappa shape index (κ2) is 6.70. The Hall–Kier alpha value is -2.89. The third-order valence-electron chi connectivity index (χ3n) is 3.81. The van der Waals surface area contributed by atoms with Gasteiger partial charge in [-0.05, 0) is 25.1 Å². The second-order valence-corrected chi connectivity index (χ2v) is 5.52. The molecule has 24 heavy (non-hydrogen) atoms. The van der Waals surface area contributed by atoms with E-state index in [1.54, 1.807) is 49.4 Å². The predicted molar refractivity (Wildman–Crippen MR) is 87.1 cm³/mol. The van der Waals surface area contributed by atoms with Crippen molar-refractivity contribution in [1.29, 1.82) is 0 Å². The third-order valence-corrected chi connectivity index (χ3v) is 3.81. The molecule has 0 aromatic heterocycles. The van der Waals surface area contributed by atoms with Crippen LogP contribution in [0.1, 0.15) is 12.5 Å². The molecule has 2 aromatic rings. The molecule has 1 aliphatic heterocycles. The van der Waals surface area contributed by atoms with E-state index in [1.165, 1.54) is 11.0 Å². The molecule has 1 aliphatic rings. The molecule has 0 spiro atoms. The number of nitrogens with zero attached hydrogens (tertiary/aromatic N) is 1. The second-order valence-electron chi connectivity index (χ2n) is 5.52. The summed E-state index contributed by atoms with van der Waals surface area (Å²) in [6.07, 6.45) is -0.653. The van der Waals surface area contributed by atoms with Gasteiger partial charge in [0.15, 0.2) is 6.10 Å². The zero-order valence-electron chi connectivity index (χ0n) is 13.2. The number of hydrogen-bond acceptors (Lipinski definition) is 3. The maximum Gasteiger partial charge on any atom is 0.268 e. The highest BCUT2D eigenvalue weighted by Crippen LogP contribution is 2.33. The van der Waals surface area contributed by atoms with Gasteiger partial charge in [0, 0.05) is 12.1 Å². The maximum atomic E-state index is 13.6. The minimum atomic E-state index is -0.653. The van der Waals surface area contributed by atoms with Gasteiger partial charge in [0.2, 0.25) is 5.91 Å². The van der Waals surface area contributed by atoms with E-state index >= 15 is 0 Å². The molecule has 6 heteroatoms. The van der Waals surface area contributed by atoms with Crippen LogP contribution in [0.3, 0.4) is 0 Å². The monoisotopic (exact) mass is 328 g/mol. The summed E-state index contributed by atoms with van der Waals surface area (Å²) in [6.45, 7) is 1.57. The Bertz CT molecular complexity index is 778. The van der Waals surface area contributed by atoms with Crippen molar-refractivity contribution in [2.45, 2.75) is 19.6 Å². The molecule has 0 aliphatic carbocycles. The molecule has 1 heterocycles. The summed E-state index contributed by atoms with van der Waals surface area (Å²) in [5.74, 6) is -0.462. The van der Waals surface area contributed by atoms with Crippen molar-refractivity contribution < 1.29 is 18.7 Å². The number of carbonyl (C=O) groups excluding carboxylic acids is 2. The number of rotatable bonds is 4. The Morgan fingerprint density at radius 1 is 1.21 bits per heavy atom. The summed E-state index contributed by atoms with van der Waals surface area (Å²) < 4.78 is 19.1. The van der Waals surface area contributed by atoms with Crippen LogP contribution in [-0.2, 0) is 16.1 Å². The van der Waals surface area contributed by atoms with Crippen molar-refractivity contribution in [3.63, 3.8) is 0 Å². The van der Waals surface area contributed by atoms with Gasteiger partial charge in [0.25, 0.3) is 5.91 Å². The number of halogens is 1. The zero-order chi connectivity index (χ0) is 17.1. The fraction of sp³-hybridized carbons (Fsp3) is 0.222. The lowest BCUT2D eigenvalue weighted by Crippen LogP contribution is -2.48. The van der Waals surface area contributed by atoms with E-state index in [9.17, 15) is 14.0 Å². The van der Waals surface area contributed by atoms with Gasteiger partial charge in [-0.15, -0.1) is 0 Å². The highest BCUT2D eigenvalue weighted by Gasteiger charge is 2.32. The van der Waals surface area contributed by atoms with Crippen LogP contribution in [0.2, 0.25) is 0 Å². The molecule has 0 bridgehead atoms. The van der Waals surface area contributed by atoms with Crippen LogP contribution in [0.25, 0.3) is 0 Å². The molecule has 1 atom stereocenters. The Labute approximate surface area is 139 Å². The lowest BCUT2D eigenvalue weighted by molar-refractivity contribution is -0.128. The van der Waals surface area contributed by atoms with Gasteiger partial charge in [-0.3, -0.25) is 14.5 Å². The van der Waals surface area contributed by atoms with E-state index in [-0.39, 0.29) is 30.7 Å². The average molecular weight is 328 g/mol. The highest BCUT2D eigenvalue weighted by atomic mass is 19.1. The molecule has 5 nitrogen and oxygen atoms in total. The van der Waals surface area contributed by atoms with Crippen LogP contribution in [0, 0.1) is 5.82 Å². The summed E-state index contributed by atoms with van der Waals surface area (Å²) in [5, 5.41) is 2.64. The molecular weight excluding hydrogens is 311 g/mol. The Kier molecular flexibility index (Phi) is 4.46. The van der Waals surface area contributed by atoms with E-state index < -0.39 is 6.10 Å². The van der Waals surface area contributed by atoms with Crippen molar-refractivity contribution in [2.75, 3.05) is 11.4 Å². The van der Waals surface area contributed by atoms with Gasteiger partial charge >= 0.3 is 0 Å². The summed E-state index contributed by atoms with van der Waals surface area (Å²) in [6, 6.07) is 13.3. The standard InChI is InChI=1S/C18H17FN2O3/c1-12-18(23)21(15-8-4-5-9-16(15)24-12)11-17(22)20-10-13-6-2-3-7-14(13)19/h2-9,12H,10-11H2,1H3,(H,20,22)/t12-/m1/s1. The Balaban J connectivity index is 1.70.